The second-order valence-electron chi connectivity index (χ2n) is 5.67. The molecule has 0 saturated heterocycles. The highest BCUT2D eigenvalue weighted by atomic mass is 32.2. The minimum atomic E-state index is -3.71. The molecule has 0 aliphatic heterocycles. The third-order valence-electron chi connectivity index (χ3n) is 3.20. The Kier molecular flexibility index (Phi) is 6.06. The van der Waals surface area contributed by atoms with Gasteiger partial charge in [-0.05, 0) is 32.0 Å². The Labute approximate surface area is 146 Å². The van der Waals surface area contributed by atoms with Crippen molar-refractivity contribution in [2.75, 3.05) is 6.61 Å². The molecular formula is C18H19NO5S. The van der Waals surface area contributed by atoms with Crippen LogP contribution < -0.4 is 4.72 Å². The largest absolute Gasteiger partial charge is 0.454 e. The Morgan fingerprint density at radius 1 is 1.00 bits per heavy atom. The number of hydrogen-bond acceptors (Lipinski definition) is 5. The lowest BCUT2D eigenvalue weighted by Gasteiger charge is -2.10. The van der Waals surface area contributed by atoms with Crippen LogP contribution in [0.25, 0.3) is 0 Å². The van der Waals surface area contributed by atoms with Crippen LogP contribution in [0.3, 0.4) is 0 Å². The van der Waals surface area contributed by atoms with Gasteiger partial charge in [0.05, 0.1) is 10.5 Å². The second kappa shape index (κ2) is 8.04. The number of carbonyl (C=O) groups excluding carboxylic acids is 2. The van der Waals surface area contributed by atoms with Crippen molar-refractivity contribution in [3.05, 3.63) is 65.7 Å². The first-order valence-electron chi connectivity index (χ1n) is 7.67. The number of esters is 1. The van der Waals surface area contributed by atoms with Gasteiger partial charge in [-0.1, -0.05) is 36.4 Å². The summed E-state index contributed by atoms with van der Waals surface area (Å²) in [6.45, 7) is 2.99. The summed E-state index contributed by atoms with van der Waals surface area (Å²) >= 11 is 0. The molecule has 7 heteroatoms. The normalized spacial score (nSPS) is 11.3. The molecular weight excluding hydrogens is 342 g/mol. The monoisotopic (exact) mass is 361 g/mol. The van der Waals surface area contributed by atoms with Gasteiger partial charge in [0.15, 0.2) is 12.4 Å². The standard InChI is InChI=1S/C18H19NO5S/c1-13(2)19-25(22,23)16-10-6-9-15(11-16)18(21)24-12-17(20)14-7-4-3-5-8-14/h3-11,13,19H,12H2,1-2H3. The Balaban J connectivity index is 2.08. The van der Waals surface area contributed by atoms with Gasteiger partial charge in [-0.25, -0.2) is 17.9 Å². The molecule has 0 spiro atoms. The fourth-order valence-electron chi connectivity index (χ4n) is 2.09. The van der Waals surface area contributed by atoms with Gasteiger partial charge in [0.1, 0.15) is 0 Å². The maximum Gasteiger partial charge on any atom is 0.338 e. The van der Waals surface area contributed by atoms with Crippen molar-refractivity contribution in [3.63, 3.8) is 0 Å². The van der Waals surface area contributed by atoms with E-state index in [1.807, 2.05) is 0 Å². The van der Waals surface area contributed by atoms with Crippen molar-refractivity contribution in [3.8, 4) is 0 Å². The molecule has 0 aliphatic carbocycles. The van der Waals surface area contributed by atoms with E-state index in [0.29, 0.717) is 5.56 Å². The zero-order chi connectivity index (χ0) is 18.4. The van der Waals surface area contributed by atoms with Gasteiger partial charge in [-0.2, -0.15) is 0 Å². The number of carbonyl (C=O) groups is 2. The average molecular weight is 361 g/mol. The van der Waals surface area contributed by atoms with Crippen LogP contribution in [0.2, 0.25) is 0 Å². The van der Waals surface area contributed by atoms with Crippen LogP contribution in [0.15, 0.2) is 59.5 Å². The predicted molar refractivity (Wildman–Crippen MR) is 93.0 cm³/mol. The van der Waals surface area contributed by atoms with Crippen LogP contribution in [0, 0.1) is 0 Å². The SMILES string of the molecule is CC(C)NS(=O)(=O)c1cccc(C(=O)OCC(=O)c2ccccc2)c1. The number of rotatable bonds is 7. The second-order valence-corrected chi connectivity index (χ2v) is 7.38. The summed E-state index contributed by atoms with van der Waals surface area (Å²) in [4.78, 5) is 24.0. The van der Waals surface area contributed by atoms with E-state index in [9.17, 15) is 18.0 Å². The molecule has 0 bridgehead atoms. The summed E-state index contributed by atoms with van der Waals surface area (Å²) in [5.41, 5.74) is 0.500. The lowest BCUT2D eigenvalue weighted by atomic mass is 10.1. The van der Waals surface area contributed by atoms with Gasteiger partial charge in [-0.15, -0.1) is 0 Å². The van der Waals surface area contributed by atoms with E-state index < -0.39 is 22.6 Å². The number of nitrogens with one attached hydrogen (secondary N) is 1. The zero-order valence-corrected chi connectivity index (χ0v) is 14.7. The van der Waals surface area contributed by atoms with E-state index in [0.717, 1.165) is 0 Å². The molecule has 1 N–H and O–H groups in total. The maximum atomic E-state index is 12.2. The highest BCUT2D eigenvalue weighted by Gasteiger charge is 2.18. The first-order valence-corrected chi connectivity index (χ1v) is 9.15. The summed E-state index contributed by atoms with van der Waals surface area (Å²) in [6, 6.07) is 13.7. The minimum absolute atomic E-state index is 0.0370. The molecule has 0 saturated carbocycles. The molecule has 0 unspecified atom stereocenters. The van der Waals surface area contributed by atoms with Crippen LogP contribution in [-0.4, -0.2) is 32.8 Å². The highest BCUT2D eigenvalue weighted by Crippen LogP contribution is 2.13. The number of Topliss-reactive ketones (excluding diaryl/α,β-unsaturated/α-hetero) is 1. The lowest BCUT2D eigenvalue weighted by molar-refractivity contribution is 0.0474. The Bertz CT molecular complexity index is 860. The third-order valence-corrected chi connectivity index (χ3v) is 4.86. The van der Waals surface area contributed by atoms with Gasteiger partial charge < -0.3 is 4.74 Å². The van der Waals surface area contributed by atoms with Crippen LogP contribution >= 0.6 is 0 Å². The van der Waals surface area contributed by atoms with Crippen molar-refractivity contribution >= 4 is 21.8 Å². The number of hydrogen-bond donors (Lipinski definition) is 1. The summed E-state index contributed by atoms with van der Waals surface area (Å²) in [5, 5.41) is 0. The van der Waals surface area contributed by atoms with Gasteiger partial charge >= 0.3 is 5.97 Å². The van der Waals surface area contributed by atoms with Gasteiger partial charge in [0.25, 0.3) is 0 Å². The number of ether oxygens (including phenoxy) is 1. The van der Waals surface area contributed by atoms with Crippen molar-refractivity contribution in [1.29, 1.82) is 0 Å². The van der Waals surface area contributed by atoms with Crippen molar-refractivity contribution < 1.29 is 22.7 Å². The van der Waals surface area contributed by atoms with E-state index in [1.165, 1.54) is 24.3 Å². The first-order chi connectivity index (χ1) is 11.8. The van der Waals surface area contributed by atoms with Crippen LogP contribution in [0.1, 0.15) is 34.6 Å². The van der Waals surface area contributed by atoms with Crippen molar-refractivity contribution in [2.45, 2.75) is 24.8 Å². The van der Waals surface area contributed by atoms with Crippen molar-refractivity contribution in [2.24, 2.45) is 0 Å². The predicted octanol–water partition coefficient (Wildman–Crippen LogP) is 2.41. The van der Waals surface area contributed by atoms with Gasteiger partial charge in [0.2, 0.25) is 10.0 Å². The summed E-state index contributed by atoms with van der Waals surface area (Å²) in [6.07, 6.45) is 0. The fraction of sp³-hybridized carbons (Fsp3) is 0.222. The molecule has 2 aromatic carbocycles. The van der Waals surface area contributed by atoms with E-state index in [1.54, 1.807) is 44.2 Å². The van der Waals surface area contributed by atoms with Crippen molar-refractivity contribution in [1.82, 2.24) is 4.72 Å². The molecule has 0 heterocycles. The Morgan fingerprint density at radius 2 is 1.64 bits per heavy atom. The molecule has 2 aromatic rings. The zero-order valence-electron chi connectivity index (χ0n) is 13.9. The maximum absolute atomic E-state index is 12.2. The molecule has 6 nitrogen and oxygen atoms in total. The summed E-state index contributed by atoms with van der Waals surface area (Å²) in [5.74, 6) is -1.09. The molecule has 0 aromatic heterocycles. The molecule has 0 atom stereocenters. The molecule has 132 valence electrons. The third kappa shape index (κ3) is 5.23. The van der Waals surface area contributed by atoms with E-state index in [4.69, 9.17) is 4.74 Å². The lowest BCUT2D eigenvalue weighted by Crippen LogP contribution is -2.30. The van der Waals surface area contributed by atoms with E-state index in [-0.39, 0.29) is 22.3 Å². The quantitative estimate of drug-likeness (QED) is 0.604. The average Bonchev–Trinajstić information content (AvgIpc) is 2.59. The molecule has 25 heavy (non-hydrogen) atoms. The van der Waals surface area contributed by atoms with Gasteiger partial charge in [-0.3, -0.25) is 4.79 Å². The minimum Gasteiger partial charge on any atom is -0.454 e. The van der Waals surface area contributed by atoms with Gasteiger partial charge in [0, 0.05) is 11.6 Å². The molecule has 0 aliphatic rings. The van der Waals surface area contributed by atoms with Crippen LogP contribution in [-0.2, 0) is 14.8 Å². The molecule has 2 rings (SSSR count). The highest BCUT2D eigenvalue weighted by molar-refractivity contribution is 7.89. The smallest absolute Gasteiger partial charge is 0.338 e. The molecule has 0 radical (unpaired) electrons. The fourth-order valence-corrected chi connectivity index (χ4v) is 3.39. The molecule has 0 fully saturated rings. The topological polar surface area (TPSA) is 89.5 Å². The number of sulfonamides is 1. The number of ketones is 1. The summed E-state index contributed by atoms with van der Waals surface area (Å²) in [7, 11) is -3.71. The number of benzene rings is 2. The molecule has 0 amide bonds. The van der Waals surface area contributed by atoms with E-state index >= 15 is 0 Å². The Hall–Kier alpha value is -2.51. The van der Waals surface area contributed by atoms with Crippen LogP contribution in [0.5, 0.6) is 0 Å². The first kappa shape index (κ1) is 18.8. The van der Waals surface area contributed by atoms with Crippen LogP contribution in [0.4, 0.5) is 0 Å². The summed E-state index contributed by atoms with van der Waals surface area (Å²) < 4.78 is 31.7. The van der Waals surface area contributed by atoms with E-state index in [2.05, 4.69) is 4.72 Å². The Morgan fingerprint density at radius 3 is 2.28 bits per heavy atom.